The predicted molar refractivity (Wildman–Crippen MR) is 217 cm³/mol. The number of piperazine rings is 1. The number of halogens is 7. The monoisotopic (exact) mass is 899 g/mol. The first-order chi connectivity index (χ1) is 29.4. The molecule has 4 heterocycles. The molecule has 2 aromatic carbocycles. The molecule has 1 saturated heterocycles. The maximum absolute atomic E-state index is 15.4. The van der Waals surface area contributed by atoms with Crippen LogP contribution in [0, 0.1) is 35.8 Å². The van der Waals surface area contributed by atoms with Gasteiger partial charge < -0.3 is 15.3 Å². The molecule has 332 valence electrons. The number of para-hydroxylation sites is 1. The first-order valence-corrected chi connectivity index (χ1v) is 20.8. The lowest BCUT2D eigenvalue weighted by Gasteiger charge is -2.31. The number of rotatable bonds is 10. The maximum Gasteiger partial charge on any atom is 0.435 e. The molecular formula is C42H40F7N9O4S. The van der Waals surface area contributed by atoms with Gasteiger partial charge in [0.05, 0.1) is 23.2 Å². The third kappa shape index (κ3) is 9.52. The number of likely N-dealkylation sites (N-methyl/N-ethyl adjacent to an activating group) is 1. The molecule has 21 heteroatoms. The number of aryl methyl sites for hydroxylation is 1. The summed E-state index contributed by atoms with van der Waals surface area (Å²) in [5.41, 5.74) is -4.26. The van der Waals surface area contributed by atoms with Crippen LogP contribution >= 0.6 is 0 Å². The molecule has 0 spiro atoms. The fraction of sp³-hybridized carbons (Fsp3) is 0.381. The first-order valence-electron chi connectivity index (χ1n) is 19.4. The Kier molecular flexibility index (Phi) is 11.9. The van der Waals surface area contributed by atoms with Crippen molar-refractivity contribution in [2.75, 3.05) is 37.9 Å². The fourth-order valence-corrected chi connectivity index (χ4v) is 8.94. The number of fused-ring (bicyclic) bond motifs is 2. The van der Waals surface area contributed by atoms with Crippen LogP contribution in [0.3, 0.4) is 0 Å². The van der Waals surface area contributed by atoms with Gasteiger partial charge in [-0.1, -0.05) is 24.0 Å². The summed E-state index contributed by atoms with van der Waals surface area (Å²) in [5.74, 6) is -1.29. The van der Waals surface area contributed by atoms with Crippen LogP contribution in [0.1, 0.15) is 66.1 Å². The van der Waals surface area contributed by atoms with Crippen molar-refractivity contribution >= 4 is 32.8 Å². The lowest BCUT2D eigenvalue weighted by atomic mass is 9.93. The number of amides is 1. The number of benzene rings is 2. The van der Waals surface area contributed by atoms with E-state index >= 15 is 8.78 Å². The van der Waals surface area contributed by atoms with Gasteiger partial charge in [0.25, 0.3) is 5.92 Å². The average Bonchev–Trinajstić information content (AvgIpc) is 3.81. The molecule has 3 N–H and O–H groups in total. The molecule has 1 amide bonds. The van der Waals surface area contributed by atoms with Gasteiger partial charge in [-0.15, -0.1) is 6.42 Å². The van der Waals surface area contributed by atoms with E-state index in [-0.39, 0.29) is 46.1 Å². The van der Waals surface area contributed by atoms with Crippen molar-refractivity contribution < 1.29 is 49.1 Å². The largest absolute Gasteiger partial charge is 0.435 e. The number of nitrogens with zero attached hydrogens (tertiary/aromatic N) is 7. The summed E-state index contributed by atoms with van der Waals surface area (Å²) in [7, 11) is -0.632. The summed E-state index contributed by atoms with van der Waals surface area (Å²) in [6.45, 7) is 3.17. The molecule has 5 aromatic rings. The van der Waals surface area contributed by atoms with Gasteiger partial charge >= 0.3 is 16.4 Å². The van der Waals surface area contributed by atoms with E-state index in [9.17, 15) is 40.3 Å². The van der Waals surface area contributed by atoms with E-state index in [1.807, 2.05) is 17.9 Å². The number of hydrogen-bond donors (Lipinski definition) is 3. The third-order valence-electron chi connectivity index (χ3n) is 10.5. The summed E-state index contributed by atoms with van der Waals surface area (Å²) in [5, 5.41) is 21.2. The molecule has 13 nitrogen and oxygen atoms in total. The molecule has 1 aliphatic heterocycles. The molecule has 7 rings (SSSR count). The minimum Gasteiger partial charge on any atom is -0.378 e. The Bertz CT molecular complexity index is 2810. The highest BCUT2D eigenvalue weighted by Crippen LogP contribution is 2.52. The van der Waals surface area contributed by atoms with Gasteiger partial charge in [0.2, 0.25) is 5.91 Å². The minimum absolute atomic E-state index is 0.00982. The quantitative estimate of drug-likeness (QED) is 0.124. The van der Waals surface area contributed by atoms with Crippen LogP contribution in [0.2, 0.25) is 0 Å². The number of terminal acetylenes is 1. The highest BCUT2D eigenvalue weighted by molar-refractivity contribution is 7.90. The van der Waals surface area contributed by atoms with Crippen molar-refractivity contribution in [3.63, 3.8) is 0 Å². The van der Waals surface area contributed by atoms with Crippen LogP contribution in [-0.2, 0) is 47.1 Å². The Labute approximate surface area is 357 Å². The summed E-state index contributed by atoms with van der Waals surface area (Å²) < 4.78 is 135. The van der Waals surface area contributed by atoms with E-state index in [1.165, 1.54) is 28.9 Å². The summed E-state index contributed by atoms with van der Waals surface area (Å²) in [4.78, 5) is 20.7. The van der Waals surface area contributed by atoms with Gasteiger partial charge in [0, 0.05) is 67.8 Å². The van der Waals surface area contributed by atoms with E-state index in [0.29, 0.717) is 35.6 Å². The van der Waals surface area contributed by atoms with Gasteiger partial charge in [-0.3, -0.25) is 18.9 Å². The standard InChI is InChI=1S/C42H40F7N9O4S/c1-6-25-22-41(45,46)38-34(25)37(42(47,48)49)52-58(38)23-33(59)51-32(20-24-18-26(43)21-27(44)19-24)35-29(11-10-28(50-35)12-13-40(2,3)60)30-8-7-9-31-36(30)56(5)53-39(31)54-63(61,62)57-16-14-55(4)15-17-57/h1,7-11,18-19,21,25,32,60H,14-17,20,22-23H2,2-5H3,(H,51,59)(H,53,54)/t25-,32-/m0/s1. The number of nitrogens with one attached hydrogen (secondary N) is 2. The van der Waals surface area contributed by atoms with E-state index in [1.54, 1.807) is 31.3 Å². The lowest BCUT2D eigenvalue weighted by Crippen LogP contribution is -2.48. The van der Waals surface area contributed by atoms with Crippen LogP contribution in [0.25, 0.3) is 22.0 Å². The Morgan fingerprint density at radius 2 is 1.70 bits per heavy atom. The van der Waals surface area contributed by atoms with Crippen LogP contribution < -0.4 is 10.0 Å². The predicted octanol–water partition coefficient (Wildman–Crippen LogP) is 5.47. The van der Waals surface area contributed by atoms with Crippen LogP contribution in [0.15, 0.2) is 48.5 Å². The Morgan fingerprint density at radius 1 is 1.02 bits per heavy atom. The molecule has 63 heavy (non-hydrogen) atoms. The molecule has 0 saturated carbocycles. The highest BCUT2D eigenvalue weighted by Gasteiger charge is 2.54. The summed E-state index contributed by atoms with van der Waals surface area (Å²) in [6.07, 6.45) is -1.40. The van der Waals surface area contributed by atoms with Crippen molar-refractivity contribution in [2.45, 2.75) is 62.9 Å². The topological polar surface area (TPSA) is 151 Å². The van der Waals surface area contributed by atoms with E-state index in [2.05, 4.69) is 32.1 Å². The lowest BCUT2D eigenvalue weighted by molar-refractivity contribution is -0.142. The van der Waals surface area contributed by atoms with E-state index in [4.69, 9.17) is 11.4 Å². The smallest absolute Gasteiger partial charge is 0.378 e. The first kappa shape index (κ1) is 45.0. The van der Waals surface area contributed by atoms with Crippen molar-refractivity contribution in [3.05, 3.63) is 94.1 Å². The van der Waals surface area contributed by atoms with Gasteiger partial charge in [0.1, 0.15) is 35.2 Å². The third-order valence-corrected chi connectivity index (χ3v) is 12.0. The zero-order valence-electron chi connectivity index (χ0n) is 34.2. The van der Waals surface area contributed by atoms with Gasteiger partial charge in [0.15, 0.2) is 11.5 Å². The minimum atomic E-state index is -5.20. The van der Waals surface area contributed by atoms with Crippen molar-refractivity contribution in [2.24, 2.45) is 7.05 Å². The Balaban J connectivity index is 1.36. The van der Waals surface area contributed by atoms with E-state index in [0.717, 1.165) is 12.1 Å². The molecule has 1 aliphatic carbocycles. The number of anilines is 1. The number of alkyl halides is 5. The molecule has 0 unspecified atom stereocenters. The molecule has 2 atom stereocenters. The molecule has 1 fully saturated rings. The molecule has 0 radical (unpaired) electrons. The van der Waals surface area contributed by atoms with Crippen LogP contribution in [0.5, 0.6) is 0 Å². The Hall–Kier alpha value is -6.00. The number of carbonyl (C=O) groups excluding carboxylic acids is 1. The number of pyridine rings is 1. The molecule has 2 aliphatic rings. The van der Waals surface area contributed by atoms with Crippen LogP contribution in [-0.4, -0.2) is 92.0 Å². The highest BCUT2D eigenvalue weighted by atomic mass is 32.2. The Morgan fingerprint density at radius 3 is 2.33 bits per heavy atom. The molecular weight excluding hydrogens is 860 g/mol. The van der Waals surface area contributed by atoms with Crippen molar-refractivity contribution in [1.29, 1.82) is 0 Å². The fourth-order valence-electron chi connectivity index (χ4n) is 7.77. The second kappa shape index (κ2) is 16.6. The second-order valence-corrected chi connectivity index (χ2v) is 17.6. The second-order valence-electron chi connectivity index (χ2n) is 15.9. The molecule has 3 aromatic heterocycles. The number of aromatic nitrogens is 5. The average molecular weight is 900 g/mol. The normalized spacial score (nSPS) is 17.5. The van der Waals surface area contributed by atoms with E-state index < -0.39 is 93.7 Å². The molecule has 0 bridgehead atoms. The summed E-state index contributed by atoms with van der Waals surface area (Å²) >= 11 is 0. The zero-order valence-corrected chi connectivity index (χ0v) is 35.0. The number of hydrogen-bond acceptors (Lipinski definition) is 8. The summed E-state index contributed by atoms with van der Waals surface area (Å²) in [6, 6.07) is 9.07. The maximum atomic E-state index is 15.4. The number of aliphatic hydroxyl groups is 1. The zero-order chi connectivity index (χ0) is 45.8. The number of carbonyl (C=O) groups is 1. The SMILES string of the molecule is C#C[C@H]1CC(F)(F)c2c1c(C(F)(F)F)nn2CC(=O)N[C@@H](Cc1cc(F)cc(F)c1)c1nc(C#CC(C)(C)O)ccc1-c1cccc2c(NS(=O)(=O)N3CCN(C)CC3)nn(C)c12. The van der Waals surface area contributed by atoms with Crippen molar-refractivity contribution in [1.82, 2.24) is 39.1 Å². The van der Waals surface area contributed by atoms with Gasteiger partial charge in [-0.2, -0.15) is 44.9 Å². The van der Waals surface area contributed by atoms with Gasteiger partial charge in [-0.25, -0.2) is 13.8 Å². The van der Waals surface area contributed by atoms with Crippen molar-refractivity contribution in [3.8, 4) is 35.3 Å². The van der Waals surface area contributed by atoms with Gasteiger partial charge in [-0.05, 0) is 69.1 Å². The van der Waals surface area contributed by atoms with Crippen LogP contribution in [0.4, 0.5) is 36.6 Å².